The Morgan fingerprint density at radius 2 is 2.19 bits per heavy atom. The highest BCUT2D eigenvalue weighted by Gasteiger charge is 2.21. The first kappa shape index (κ1) is 16.4. The molecule has 0 heterocycles. The van der Waals surface area contributed by atoms with Gasteiger partial charge in [0.15, 0.2) is 0 Å². The predicted octanol–water partition coefficient (Wildman–Crippen LogP) is 3.91. The molecule has 2 unspecified atom stereocenters. The normalized spacial score (nSPS) is 22.0. The molecule has 1 N–H and O–H groups in total. The van der Waals surface area contributed by atoms with E-state index in [9.17, 15) is 9.18 Å². The van der Waals surface area contributed by atoms with Crippen LogP contribution in [0.15, 0.2) is 22.7 Å². The minimum atomic E-state index is -0.368. The Morgan fingerprint density at radius 3 is 2.90 bits per heavy atom. The second-order valence-electron chi connectivity index (χ2n) is 5.55. The van der Waals surface area contributed by atoms with Crippen LogP contribution in [0.3, 0.4) is 0 Å². The zero-order valence-corrected chi connectivity index (χ0v) is 13.8. The van der Waals surface area contributed by atoms with Crippen molar-refractivity contribution in [3.8, 4) is 0 Å². The molecule has 0 radical (unpaired) electrons. The molecule has 1 amide bonds. The summed E-state index contributed by atoms with van der Waals surface area (Å²) in [5.41, 5.74) is 0.433. The van der Waals surface area contributed by atoms with E-state index in [1.807, 2.05) is 0 Å². The van der Waals surface area contributed by atoms with Crippen molar-refractivity contribution in [1.82, 2.24) is 5.32 Å². The molecule has 0 spiro atoms. The van der Waals surface area contributed by atoms with Gasteiger partial charge in [-0.3, -0.25) is 4.79 Å². The average molecular weight is 358 g/mol. The van der Waals surface area contributed by atoms with Gasteiger partial charge >= 0.3 is 0 Å². The quantitative estimate of drug-likeness (QED) is 0.811. The summed E-state index contributed by atoms with van der Waals surface area (Å²) in [6.07, 6.45) is 5.16. The number of nitrogens with one attached hydrogen (secondary N) is 1. The van der Waals surface area contributed by atoms with Crippen LogP contribution in [-0.4, -0.2) is 25.2 Å². The lowest BCUT2D eigenvalue weighted by molar-refractivity contribution is -0.00294. The Bertz CT molecular complexity index is 495. The van der Waals surface area contributed by atoms with Crippen molar-refractivity contribution in [3.05, 3.63) is 34.1 Å². The van der Waals surface area contributed by atoms with E-state index in [0.29, 0.717) is 35.2 Å². The van der Waals surface area contributed by atoms with Gasteiger partial charge in [-0.25, -0.2) is 4.39 Å². The standard InChI is InChI=1S/C16H21BrFNO2/c1-11-4-2-3-5-15(11)21-9-8-19-16(20)13-7-6-12(18)10-14(13)17/h6-7,10-11,15H,2-5,8-9H2,1H3,(H,19,20). The largest absolute Gasteiger partial charge is 0.376 e. The fourth-order valence-electron chi connectivity index (χ4n) is 2.67. The van der Waals surface area contributed by atoms with Crippen molar-refractivity contribution < 1.29 is 13.9 Å². The summed E-state index contributed by atoms with van der Waals surface area (Å²) in [6, 6.07) is 4.04. The van der Waals surface area contributed by atoms with E-state index < -0.39 is 0 Å². The molecule has 116 valence electrons. The first-order valence-corrected chi connectivity index (χ1v) is 8.22. The van der Waals surface area contributed by atoms with Gasteiger partial charge in [-0.05, 0) is 52.9 Å². The third-order valence-corrected chi connectivity index (χ3v) is 4.58. The van der Waals surface area contributed by atoms with Crippen LogP contribution in [0.25, 0.3) is 0 Å². The molecule has 0 aromatic heterocycles. The van der Waals surface area contributed by atoms with Gasteiger partial charge in [0.2, 0.25) is 0 Å². The molecule has 21 heavy (non-hydrogen) atoms. The molecule has 0 aliphatic heterocycles. The molecule has 2 rings (SSSR count). The first-order chi connectivity index (χ1) is 10.1. The number of carbonyl (C=O) groups excluding carboxylic acids is 1. The monoisotopic (exact) mass is 357 g/mol. The number of hydrogen-bond acceptors (Lipinski definition) is 2. The Balaban J connectivity index is 1.74. The lowest BCUT2D eigenvalue weighted by atomic mass is 9.88. The van der Waals surface area contributed by atoms with Crippen LogP contribution in [0, 0.1) is 11.7 Å². The molecule has 1 aromatic carbocycles. The van der Waals surface area contributed by atoms with Crippen LogP contribution in [0.5, 0.6) is 0 Å². The molecule has 5 heteroatoms. The van der Waals surface area contributed by atoms with Crippen molar-refractivity contribution in [2.75, 3.05) is 13.2 Å². The van der Waals surface area contributed by atoms with Crippen molar-refractivity contribution >= 4 is 21.8 Å². The lowest BCUT2D eigenvalue weighted by Crippen LogP contribution is -2.32. The van der Waals surface area contributed by atoms with Crippen LogP contribution in [0.2, 0.25) is 0 Å². The highest BCUT2D eigenvalue weighted by atomic mass is 79.9. The molecule has 2 atom stereocenters. The lowest BCUT2D eigenvalue weighted by Gasteiger charge is -2.28. The van der Waals surface area contributed by atoms with Gasteiger partial charge in [0.25, 0.3) is 5.91 Å². The fourth-order valence-corrected chi connectivity index (χ4v) is 3.20. The highest BCUT2D eigenvalue weighted by Crippen LogP contribution is 2.26. The minimum Gasteiger partial charge on any atom is -0.376 e. The van der Waals surface area contributed by atoms with Gasteiger partial charge in [0.05, 0.1) is 18.3 Å². The number of benzene rings is 1. The smallest absolute Gasteiger partial charge is 0.252 e. The van der Waals surface area contributed by atoms with Gasteiger partial charge < -0.3 is 10.1 Å². The Hall–Kier alpha value is -0.940. The molecule has 0 saturated heterocycles. The maximum Gasteiger partial charge on any atom is 0.252 e. The van der Waals surface area contributed by atoms with Crippen LogP contribution in [-0.2, 0) is 4.74 Å². The van der Waals surface area contributed by atoms with E-state index in [1.165, 1.54) is 37.5 Å². The Morgan fingerprint density at radius 1 is 1.43 bits per heavy atom. The maximum absolute atomic E-state index is 13.0. The topological polar surface area (TPSA) is 38.3 Å². The van der Waals surface area contributed by atoms with E-state index in [0.717, 1.165) is 6.42 Å². The van der Waals surface area contributed by atoms with Gasteiger partial charge in [-0.15, -0.1) is 0 Å². The molecule has 3 nitrogen and oxygen atoms in total. The predicted molar refractivity (Wildman–Crippen MR) is 83.8 cm³/mol. The summed E-state index contributed by atoms with van der Waals surface area (Å²) in [6.45, 7) is 3.20. The summed E-state index contributed by atoms with van der Waals surface area (Å²) < 4.78 is 19.3. The Kier molecular flexibility index (Phi) is 6.18. The summed E-state index contributed by atoms with van der Waals surface area (Å²) >= 11 is 3.20. The van der Waals surface area contributed by atoms with Crippen LogP contribution < -0.4 is 5.32 Å². The average Bonchev–Trinajstić information content (AvgIpc) is 2.45. The second kappa shape index (κ2) is 7.90. The number of halogens is 2. The third-order valence-electron chi connectivity index (χ3n) is 3.93. The van der Waals surface area contributed by atoms with Crippen molar-refractivity contribution in [3.63, 3.8) is 0 Å². The van der Waals surface area contributed by atoms with E-state index >= 15 is 0 Å². The molecule has 1 aromatic rings. The van der Waals surface area contributed by atoms with Gasteiger partial charge in [-0.1, -0.05) is 19.8 Å². The molecular formula is C16H21BrFNO2. The van der Waals surface area contributed by atoms with Crippen LogP contribution in [0.4, 0.5) is 4.39 Å². The highest BCUT2D eigenvalue weighted by molar-refractivity contribution is 9.10. The van der Waals surface area contributed by atoms with E-state index in [-0.39, 0.29) is 11.7 Å². The molecule has 1 saturated carbocycles. The van der Waals surface area contributed by atoms with Gasteiger partial charge in [0, 0.05) is 11.0 Å². The summed E-state index contributed by atoms with van der Waals surface area (Å²) in [7, 11) is 0. The fraction of sp³-hybridized carbons (Fsp3) is 0.562. The van der Waals surface area contributed by atoms with E-state index in [4.69, 9.17) is 4.74 Å². The zero-order chi connectivity index (χ0) is 15.2. The van der Waals surface area contributed by atoms with Crippen molar-refractivity contribution in [2.24, 2.45) is 5.92 Å². The minimum absolute atomic E-state index is 0.220. The molecule has 1 aliphatic rings. The third kappa shape index (κ3) is 4.78. The number of hydrogen-bond donors (Lipinski definition) is 1. The number of carbonyl (C=O) groups is 1. The second-order valence-corrected chi connectivity index (χ2v) is 6.41. The molecule has 1 aliphatic carbocycles. The number of ether oxygens (including phenoxy) is 1. The SMILES string of the molecule is CC1CCCCC1OCCNC(=O)c1ccc(F)cc1Br. The van der Waals surface area contributed by atoms with Gasteiger partial charge in [-0.2, -0.15) is 0 Å². The maximum atomic E-state index is 13.0. The number of rotatable bonds is 5. The first-order valence-electron chi connectivity index (χ1n) is 7.43. The molecule has 1 fully saturated rings. The molecular weight excluding hydrogens is 337 g/mol. The van der Waals surface area contributed by atoms with Crippen LogP contribution >= 0.6 is 15.9 Å². The zero-order valence-electron chi connectivity index (χ0n) is 12.2. The van der Waals surface area contributed by atoms with Crippen LogP contribution in [0.1, 0.15) is 43.0 Å². The van der Waals surface area contributed by atoms with Crippen molar-refractivity contribution in [2.45, 2.75) is 38.7 Å². The van der Waals surface area contributed by atoms with E-state index in [1.54, 1.807) is 0 Å². The molecule has 0 bridgehead atoms. The summed E-state index contributed by atoms with van der Waals surface area (Å²) in [4.78, 5) is 12.0. The van der Waals surface area contributed by atoms with E-state index in [2.05, 4.69) is 28.2 Å². The van der Waals surface area contributed by atoms with Crippen molar-refractivity contribution in [1.29, 1.82) is 0 Å². The number of amides is 1. The van der Waals surface area contributed by atoms with Gasteiger partial charge in [0.1, 0.15) is 5.82 Å². The summed E-state index contributed by atoms with van der Waals surface area (Å²) in [5, 5.41) is 2.80. The Labute approximate surface area is 133 Å². The summed E-state index contributed by atoms with van der Waals surface area (Å²) in [5.74, 6) is 0.0101.